The molecule has 4 heteroatoms. The van der Waals surface area contributed by atoms with Gasteiger partial charge in [-0.3, -0.25) is 0 Å². The summed E-state index contributed by atoms with van der Waals surface area (Å²) in [6, 6.07) is 8.17. The van der Waals surface area contributed by atoms with E-state index >= 15 is 0 Å². The van der Waals surface area contributed by atoms with Crippen molar-refractivity contribution in [1.29, 1.82) is 0 Å². The molecule has 2 rings (SSSR count). The molecule has 0 aromatic heterocycles. The van der Waals surface area contributed by atoms with Gasteiger partial charge in [-0.05, 0) is 28.1 Å². The van der Waals surface area contributed by atoms with E-state index in [0.717, 1.165) is 23.4 Å². The Hall–Kier alpha value is -0.0300. The molecular formula is C10H11BrO2S. The molecule has 1 fully saturated rings. The Morgan fingerprint density at radius 2 is 2.00 bits per heavy atom. The SMILES string of the molecule is Brc1ccccc1SCC1OCCO1. The van der Waals surface area contributed by atoms with Crippen LogP contribution in [0.1, 0.15) is 0 Å². The first-order valence-electron chi connectivity index (χ1n) is 4.47. The smallest absolute Gasteiger partial charge is 0.167 e. The van der Waals surface area contributed by atoms with Crippen LogP contribution in [-0.2, 0) is 9.47 Å². The molecule has 0 bridgehead atoms. The average molecular weight is 275 g/mol. The number of thioether (sulfide) groups is 1. The lowest BCUT2D eigenvalue weighted by atomic mass is 10.4. The lowest BCUT2D eigenvalue weighted by molar-refractivity contribution is -0.0214. The number of benzene rings is 1. The Balaban J connectivity index is 1.88. The third kappa shape index (κ3) is 2.73. The molecule has 0 radical (unpaired) electrons. The molecule has 1 aliphatic rings. The fourth-order valence-electron chi connectivity index (χ4n) is 1.22. The van der Waals surface area contributed by atoms with Gasteiger partial charge in [0, 0.05) is 15.1 Å². The van der Waals surface area contributed by atoms with Crippen LogP contribution in [-0.4, -0.2) is 25.3 Å². The molecule has 1 aliphatic heterocycles. The Morgan fingerprint density at radius 1 is 1.29 bits per heavy atom. The second-order valence-corrected chi connectivity index (χ2v) is 4.83. The normalized spacial score (nSPS) is 17.5. The molecule has 2 nitrogen and oxygen atoms in total. The van der Waals surface area contributed by atoms with Gasteiger partial charge < -0.3 is 9.47 Å². The number of halogens is 1. The summed E-state index contributed by atoms with van der Waals surface area (Å²) >= 11 is 5.25. The van der Waals surface area contributed by atoms with Crippen molar-refractivity contribution >= 4 is 27.7 Å². The van der Waals surface area contributed by atoms with Crippen LogP contribution in [0.2, 0.25) is 0 Å². The van der Waals surface area contributed by atoms with Gasteiger partial charge in [0.15, 0.2) is 6.29 Å². The highest BCUT2D eigenvalue weighted by Gasteiger charge is 2.16. The van der Waals surface area contributed by atoms with E-state index in [4.69, 9.17) is 9.47 Å². The Labute approximate surface area is 96.1 Å². The van der Waals surface area contributed by atoms with E-state index in [1.165, 1.54) is 4.90 Å². The summed E-state index contributed by atoms with van der Waals surface area (Å²) in [5.41, 5.74) is 0. The van der Waals surface area contributed by atoms with Gasteiger partial charge in [0.05, 0.1) is 13.2 Å². The highest BCUT2D eigenvalue weighted by Crippen LogP contribution is 2.28. The fourth-order valence-corrected chi connectivity index (χ4v) is 2.74. The molecular weight excluding hydrogens is 264 g/mol. The second kappa shape index (κ2) is 5.16. The fraction of sp³-hybridized carbons (Fsp3) is 0.400. The highest BCUT2D eigenvalue weighted by molar-refractivity contribution is 9.10. The molecule has 14 heavy (non-hydrogen) atoms. The van der Waals surface area contributed by atoms with Gasteiger partial charge >= 0.3 is 0 Å². The summed E-state index contributed by atoms with van der Waals surface area (Å²) in [6.45, 7) is 1.45. The van der Waals surface area contributed by atoms with Crippen LogP contribution in [0.4, 0.5) is 0 Å². The molecule has 1 aromatic rings. The summed E-state index contributed by atoms with van der Waals surface area (Å²) in [4.78, 5) is 1.23. The van der Waals surface area contributed by atoms with Gasteiger partial charge in [-0.15, -0.1) is 11.8 Å². The first-order chi connectivity index (χ1) is 6.86. The van der Waals surface area contributed by atoms with Gasteiger partial charge in [-0.1, -0.05) is 12.1 Å². The zero-order valence-electron chi connectivity index (χ0n) is 7.61. The minimum atomic E-state index is -0.0351. The highest BCUT2D eigenvalue weighted by atomic mass is 79.9. The van der Waals surface area contributed by atoms with Gasteiger partial charge in [-0.25, -0.2) is 0 Å². The monoisotopic (exact) mass is 274 g/mol. The van der Waals surface area contributed by atoms with Crippen LogP contribution in [0, 0.1) is 0 Å². The quantitative estimate of drug-likeness (QED) is 0.790. The van der Waals surface area contributed by atoms with Crippen molar-refractivity contribution in [2.75, 3.05) is 19.0 Å². The minimum Gasteiger partial charge on any atom is -0.349 e. The number of hydrogen-bond acceptors (Lipinski definition) is 3. The minimum absolute atomic E-state index is 0.0351. The third-order valence-corrected chi connectivity index (χ3v) is 3.96. The molecule has 76 valence electrons. The topological polar surface area (TPSA) is 18.5 Å². The maximum absolute atomic E-state index is 5.36. The lowest BCUT2D eigenvalue weighted by Crippen LogP contribution is -2.10. The van der Waals surface area contributed by atoms with E-state index in [1.54, 1.807) is 11.8 Å². The average Bonchev–Trinajstić information content (AvgIpc) is 2.69. The van der Waals surface area contributed by atoms with Crippen LogP contribution < -0.4 is 0 Å². The second-order valence-electron chi connectivity index (χ2n) is 2.91. The first kappa shape index (κ1) is 10.5. The molecule has 0 spiro atoms. The van der Waals surface area contributed by atoms with Crippen LogP contribution in [0.3, 0.4) is 0 Å². The maximum Gasteiger partial charge on any atom is 0.167 e. The van der Waals surface area contributed by atoms with Gasteiger partial charge in [-0.2, -0.15) is 0 Å². The van der Waals surface area contributed by atoms with E-state index in [2.05, 4.69) is 22.0 Å². The summed E-state index contributed by atoms with van der Waals surface area (Å²) < 4.78 is 11.8. The molecule has 0 aliphatic carbocycles. The predicted molar refractivity (Wildman–Crippen MR) is 60.6 cm³/mol. The molecule has 0 saturated carbocycles. The molecule has 0 amide bonds. The van der Waals surface area contributed by atoms with E-state index in [-0.39, 0.29) is 6.29 Å². The van der Waals surface area contributed by atoms with Crippen molar-refractivity contribution in [1.82, 2.24) is 0 Å². The van der Waals surface area contributed by atoms with Gasteiger partial charge in [0.1, 0.15) is 0 Å². The Kier molecular flexibility index (Phi) is 3.87. The summed E-state index contributed by atoms with van der Waals surface area (Å²) in [6.07, 6.45) is -0.0351. The molecule has 0 N–H and O–H groups in total. The van der Waals surface area contributed by atoms with Gasteiger partial charge in [0.25, 0.3) is 0 Å². The maximum atomic E-state index is 5.36. The molecule has 1 aromatic carbocycles. The van der Waals surface area contributed by atoms with Crippen molar-refractivity contribution in [3.05, 3.63) is 28.7 Å². The molecule has 0 unspecified atom stereocenters. The van der Waals surface area contributed by atoms with E-state index in [9.17, 15) is 0 Å². The van der Waals surface area contributed by atoms with E-state index in [0.29, 0.717) is 0 Å². The first-order valence-corrected chi connectivity index (χ1v) is 6.24. The van der Waals surface area contributed by atoms with Crippen molar-refractivity contribution < 1.29 is 9.47 Å². The van der Waals surface area contributed by atoms with Crippen LogP contribution >= 0.6 is 27.7 Å². The Morgan fingerprint density at radius 3 is 2.71 bits per heavy atom. The Bertz CT molecular complexity index is 300. The van der Waals surface area contributed by atoms with Crippen molar-refractivity contribution in [3.63, 3.8) is 0 Å². The van der Waals surface area contributed by atoms with E-state index in [1.807, 2.05) is 18.2 Å². The van der Waals surface area contributed by atoms with Crippen LogP contribution in [0.5, 0.6) is 0 Å². The predicted octanol–water partition coefficient (Wildman–Crippen LogP) is 2.91. The largest absolute Gasteiger partial charge is 0.349 e. The van der Waals surface area contributed by atoms with Crippen LogP contribution in [0.15, 0.2) is 33.6 Å². The number of ether oxygens (including phenoxy) is 2. The van der Waals surface area contributed by atoms with Crippen molar-refractivity contribution in [3.8, 4) is 0 Å². The zero-order chi connectivity index (χ0) is 9.80. The molecule has 1 saturated heterocycles. The van der Waals surface area contributed by atoms with Crippen molar-refractivity contribution in [2.45, 2.75) is 11.2 Å². The number of hydrogen-bond donors (Lipinski definition) is 0. The van der Waals surface area contributed by atoms with Crippen LogP contribution in [0.25, 0.3) is 0 Å². The van der Waals surface area contributed by atoms with Gasteiger partial charge in [0.2, 0.25) is 0 Å². The standard InChI is InChI=1S/C10H11BrO2S/c11-8-3-1-2-4-9(8)14-7-10-12-5-6-13-10/h1-4,10H,5-7H2. The summed E-state index contributed by atoms with van der Waals surface area (Å²) in [5.74, 6) is 0.850. The third-order valence-electron chi connectivity index (χ3n) is 1.90. The lowest BCUT2D eigenvalue weighted by Gasteiger charge is -2.08. The van der Waals surface area contributed by atoms with E-state index < -0.39 is 0 Å². The molecule has 1 heterocycles. The molecule has 0 atom stereocenters. The number of rotatable bonds is 3. The summed E-state index contributed by atoms with van der Waals surface area (Å²) in [7, 11) is 0. The summed E-state index contributed by atoms with van der Waals surface area (Å²) in [5, 5.41) is 0. The zero-order valence-corrected chi connectivity index (χ0v) is 10.0. The van der Waals surface area contributed by atoms with Crippen molar-refractivity contribution in [2.24, 2.45) is 0 Å².